The Morgan fingerprint density at radius 1 is 1.19 bits per heavy atom. The van der Waals surface area contributed by atoms with Crippen molar-refractivity contribution in [3.8, 4) is 0 Å². The molecule has 0 spiro atoms. The highest BCUT2D eigenvalue weighted by Crippen LogP contribution is 2.60. The summed E-state index contributed by atoms with van der Waals surface area (Å²) >= 11 is 0. The molecule has 4 saturated carbocycles. The van der Waals surface area contributed by atoms with Gasteiger partial charge in [0.25, 0.3) is 0 Å². The number of amides is 1. The Labute approximate surface area is 129 Å². The van der Waals surface area contributed by atoms with Gasteiger partial charge >= 0.3 is 0 Å². The molecule has 0 aromatic heterocycles. The summed E-state index contributed by atoms with van der Waals surface area (Å²) in [5.74, 6) is 3.27. The molecule has 21 heavy (non-hydrogen) atoms. The van der Waals surface area contributed by atoms with E-state index in [0.717, 1.165) is 30.7 Å². The van der Waals surface area contributed by atoms with Gasteiger partial charge < -0.3 is 10.6 Å². The largest absolute Gasteiger partial charge is 0.344 e. The van der Waals surface area contributed by atoms with Crippen LogP contribution >= 0.6 is 0 Å². The first-order chi connectivity index (χ1) is 9.92. The highest BCUT2D eigenvalue weighted by Gasteiger charge is 2.51. The molecule has 0 aromatic rings. The van der Waals surface area contributed by atoms with Crippen LogP contribution in [0.25, 0.3) is 0 Å². The molecule has 4 aliphatic rings. The van der Waals surface area contributed by atoms with Gasteiger partial charge in [-0.05, 0) is 67.6 Å². The molecular weight excluding hydrogens is 260 g/mol. The van der Waals surface area contributed by atoms with Crippen molar-refractivity contribution < 1.29 is 4.79 Å². The standard InChI is InChI=1S/C18H32N2O/c1-4-12(2)16(19)17(21)20(3)11-18-8-13-5-14(9-18)7-15(6-13)10-18/h12-16H,4-11,19H2,1-3H3/t12?,13?,14?,15?,16-,18?/m0/s1. The van der Waals surface area contributed by atoms with E-state index in [1.165, 1.54) is 38.5 Å². The van der Waals surface area contributed by atoms with E-state index in [0.29, 0.717) is 5.41 Å². The molecule has 0 heterocycles. The van der Waals surface area contributed by atoms with Gasteiger partial charge in [-0.15, -0.1) is 0 Å². The Bertz CT molecular complexity index is 371. The molecule has 0 aliphatic heterocycles. The van der Waals surface area contributed by atoms with Gasteiger partial charge in [-0.25, -0.2) is 0 Å². The molecule has 2 N–H and O–H groups in total. The summed E-state index contributed by atoms with van der Waals surface area (Å²) in [7, 11) is 1.98. The lowest BCUT2D eigenvalue weighted by molar-refractivity contribution is -0.137. The molecule has 0 saturated heterocycles. The van der Waals surface area contributed by atoms with E-state index in [4.69, 9.17) is 5.73 Å². The van der Waals surface area contributed by atoms with Gasteiger partial charge in [0.1, 0.15) is 0 Å². The first kappa shape index (κ1) is 15.3. The first-order valence-electron chi connectivity index (χ1n) is 8.93. The monoisotopic (exact) mass is 292 g/mol. The van der Waals surface area contributed by atoms with Gasteiger partial charge in [-0.1, -0.05) is 20.3 Å². The van der Waals surface area contributed by atoms with Gasteiger partial charge in [0.15, 0.2) is 0 Å². The molecule has 1 unspecified atom stereocenters. The maximum Gasteiger partial charge on any atom is 0.239 e. The zero-order valence-corrected chi connectivity index (χ0v) is 14.0. The Kier molecular flexibility index (Phi) is 4.06. The van der Waals surface area contributed by atoms with E-state index >= 15 is 0 Å². The zero-order valence-electron chi connectivity index (χ0n) is 14.0. The van der Waals surface area contributed by atoms with Crippen molar-refractivity contribution in [2.24, 2.45) is 34.8 Å². The Morgan fingerprint density at radius 3 is 2.10 bits per heavy atom. The Balaban J connectivity index is 1.64. The van der Waals surface area contributed by atoms with E-state index in [-0.39, 0.29) is 17.9 Å². The van der Waals surface area contributed by atoms with E-state index in [1.807, 2.05) is 11.9 Å². The van der Waals surface area contributed by atoms with Gasteiger partial charge in [0, 0.05) is 13.6 Å². The maximum atomic E-state index is 12.6. The number of rotatable bonds is 5. The lowest BCUT2D eigenvalue weighted by Crippen LogP contribution is -2.54. The number of carbonyl (C=O) groups excluding carboxylic acids is 1. The molecule has 4 rings (SSSR count). The van der Waals surface area contributed by atoms with Gasteiger partial charge in [-0.3, -0.25) is 4.79 Å². The number of carbonyl (C=O) groups is 1. The van der Waals surface area contributed by atoms with Crippen LogP contribution < -0.4 is 5.73 Å². The van der Waals surface area contributed by atoms with Crippen molar-refractivity contribution in [3.05, 3.63) is 0 Å². The molecule has 1 amide bonds. The minimum atomic E-state index is -0.325. The molecule has 4 aliphatic carbocycles. The normalized spacial score (nSPS) is 40.1. The van der Waals surface area contributed by atoms with Crippen LogP contribution in [0, 0.1) is 29.1 Å². The third-order valence-electron chi connectivity index (χ3n) is 6.66. The fourth-order valence-corrected chi connectivity index (χ4v) is 5.82. The third-order valence-corrected chi connectivity index (χ3v) is 6.66. The topological polar surface area (TPSA) is 46.3 Å². The van der Waals surface area contributed by atoms with Crippen molar-refractivity contribution in [1.29, 1.82) is 0 Å². The van der Waals surface area contributed by atoms with Crippen LogP contribution in [0.2, 0.25) is 0 Å². The predicted molar refractivity (Wildman–Crippen MR) is 85.7 cm³/mol. The average Bonchev–Trinajstić information content (AvgIpc) is 2.42. The molecule has 120 valence electrons. The average molecular weight is 292 g/mol. The van der Waals surface area contributed by atoms with Crippen molar-refractivity contribution in [2.75, 3.05) is 13.6 Å². The number of nitrogens with zero attached hydrogens (tertiary/aromatic N) is 1. The minimum Gasteiger partial charge on any atom is -0.344 e. The van der Waals surface area contributed by atoms with E-state index in [1.54, 1.807) is 0 Å². The van der Waals surface area contributed by atoms with Crippen molar-refractivity contribution >= 4 is 5.91 Å². The van der Waals surface area contributed by atoms with Crippen molar-refractivity contribution in [2.45, 2.75) is 64.8 Å². The number of hydrogen-bond acceptors (Lipinski definition) is 2. The minimum absolute atomic E-state index is 0.153. The molecule has 2 atom stereocenters. The lowest BCUT2D eigenvalue weighted by atomic mass is 9.49. The maximum absolute atomic E-state index is 12.6. The Hall–Kier alpha value is -0.570. The highest BCUT2D eigenvalue weighted by atomic mass is 16.2. The van der Waals surface area contributed by atoms with E-state index in [9.17, 15) is 4.79 Å². The predicted octanol–water partition coefficient (Wildman–Crippen LogP) is 3.03. The van der Waals surface area contributed by atoms with Crippen molar-refractivity contribution in [3.63, 3.8) is 0 Å². The molecule has 0 aromatic carbocycles. The fourth-order valence-electron chi connectivity index (χ4n) is 5.82. The van der Waals surface area contributed by atoms with Crippen LogP contribution in [0.15, 0.2) is 0 Å². The number of nitrogens with two attached hydrogens (primary N) is 1. The quantitative estimate of drug-likeness (QED) is 0.846. The summed E-state index contributed by atoms with van der Waals surface area (Å²) < 4.78 is 0. The van der Waals surface area contributed by atoms with Crippen LogP contribution in [0.1, 0.15) is 58.8 Å². The van der Waals surface area contributed by atoms with E-state index < -0.39 is 0 Å². The summed E-state index contributed by atoms with van der Waals surface area (Å²) in [5.41, 5.74) is 6.57. The lowest BCUT2D eigenvalue weighted by Gasteiger charge is -2.57. The number of hydrogen-bond donors (Lipinski definition) is 1. The first-order valence-corrected chi connectivity index (χ1v) is 8.93. The summed E-state index contributed by atoms with van der Waals surface area (Å²) in [6.45, 7) is 5.14. The Morgan fingerprint density at radius 2 is 1.67 bits per heavy atom. The summed E-state index contributed by atoms with van der Waals surface area (Å²) in [4.78, 5) is 14.5. The third kappa shape index (κ3) is 2.86. The molecule has 4 fully saturated rings. The van der Waals surface area contributed by atoms with Crippen molar-refractivity contribution in [1.82, 2.24) is 4.90 Å². The van der Waals surface area contributed by atoms with Crippen LogP contribution in [0.3, 0.4) is 0 Å². The molecule has 0 radical (unpaired) electrons. The van der Waals surface area contributed by atoms with Gasteiger partial charge in [0.05, 0.1) is 6.04 Å². The molecule has 3 heteroatoms. The summed E-state index contributed by atoms with van der Waals surface area (Å²) in [6.07, 6.45) is 9.42. The van der Waals surface area contributed by atoms with Crippen LogP contribution in [-0.4, -0.2) is 30.4 Å². The second kappa shape index (κ2) is 5.57. The van der Waals surface area contributed by atoms with Gasteiger partial charge in [0.2, 0.25) is 5.91 Å². The number of likely N-dealkylation sites (N-methyl/N-ethyl adjacent to an activating group) is 1. The SMILES string of the molecule is CCC(C)[C@H](N)C(=O)N(C)CC12CC3CC(CC(C3)C1)C2. The second-order valence-corrected chi connectivity index (χ2v) is 8.52. The smallest absolute Gasteiger partial charge is 0.239 e. The molecular formula is C18H32N2O. The fraction of sp³-hybridized carbons (Fsp3) is 0.944. The highest BCUT2D eigenvalue weighted by molar-refractivity contribution is 5.81. The second-order valence-electron chi connectivity index (χ2n) is 8.52. The summed E-state index contributed by atoms with van der Waals surface area (Å²) in [5, 5.41) is 0. The van der Waals surface area contributed by atoms with Crippen LogP contribution in [0.5, 0.6) is 0 Å². The van der Waals surface area contributed by atoms with Crippen LogP contribution in [-0.2, 0) is 4.79 Å². The summed E-state index contributed by atoms with van der Waals surface area (Å²) in [6, 6.07) is -0.325. The molecule has 4 bridgehead atoms. The zero-order chi connectivity index (χ0) is 15.2. The van der Waals surface area contributed by atoms with Crippen LogP contribution in [0.4, 0.5) is 0 Å². The molecule has 3 nitrogen and oxygen atoms in total. The van der Waals surface area contributed by atoms with E-state index in [2.05, 4.69) is 13.8 Å². The van der Waals surface area contributed by atoms with Gasteiger partial charge in [-0.2, -0.15) is 0 Å².